The Bertz CT molecular complexity index is 883. The van der Waals surface area contributed by atoms with Crippen molar-refractivity contribution in [2.75, 3.05) is 6.54 Å². The minimum Gasteiger partial charge on any atom is -0.373 e. The fourth-order valence-electron chi connectivity index (χ4n) is 4.64. The van der Waals surface area contributed by atoms with Gasteiger partial charge in [0.1, 0.15) is 6.23 Å². The van der Waals surface area contributed by atoms with Crippen LogP contribution in [0, 0.1) is 0 Å². The third kappa shape index (κ3) is 2.05. The van der Waals surface area contributed by atoms with Crippen LogP contribution in [0.15, 0.2) is 54.6 Å². The van der Waals surface area contributed by atoms with Gasteiger partial charge in [0.05, 0.1) is 11.6 Å². The van der Waals surface area contributed by atoms with Gasteiger partial charge in [0, 0.05) is 24.2 Å². The molecular formula is C21H22N2O. The lowest BCUT2D eigenvalue weighted by atomic mass is 9.91. The molecule has 0 fully saturated rings. The SMILES string of the molecule is O[C@@H]1CC[C@H]2c3c(c4ccccc4n31)CCN2Cc1ccccc1. The maximum Gasteiger partial charge on any atom is 0.131 e. The number of fused-ring (bicyclic) bond motifs is 3. The molecule has 0 unspecified atom stereocenters. The Balaban J connectivity index is 1.61. The first-order valence-corrected chi connectivity index (χ1v) is 8.90. The number of hydrogen-bond acceptors (Lipinski definition) is 2. The van der Waals surface area contributed by atoms with Gasteiger partial charge in [0.2, 0.25) is 0 Å². The molecule has 2 atom stereocenters. The van der Waals surface area contributed by atoms with Crippen LogP contribution in [-0.4, -0.2) is 21.1 Å². The van der Waals surface area contributed by atoms with Crippen molar-refractivity contribution in [2.24, 2.45) is 0 Å². The van der Waals surface area contributed by atoms with Crippen molar-refractivity contribution in [1.29, 1.82) is 0 Å². The first-order valence-electron chi connectivity index (χ1n) is 8.90. The molecule has 0 spiro atoms. The number of aromatic nitrogens is 1. The summed E-state index contributed by atoms with van der Waals surface area (Å²) < 4.78 is 2.20. The predicted molar refractivity (Wildman–Crippen MR) is 95.7 cm³/mol. The topological polar surface area (TPSA) is 28.4 Å². The molecule has 1 N–H and O–H groups in total. The average Bonchev–Trinajstić information content (AvgIpc) is 2.96. The van der Waals surface area contributed by atoms with Crippen LogP contribution in [0.1, 0.15) is 41.9 Å². The zero-order valence-electron chi connectivity index (χ0n) is 13.7. The molecule has 0 saturated carbocycles. The van der Waals surface area contributed by atoms with E-state index in [1.165, 1.54) is 27.7 Å². The Morgan fingerprint density at radius 2 is 1.75 bits per heavy atom. The van der Waals surface area contributed by atoms with Crippen molar-refractivity contribution in [3.63, 3.8) is 0 Å². The Morgan fingerprint density at radius 3 is 2.62 bits per heavy atom. The summed E-state index contributed by atoms with van der Waals surface area (Å²) in [5.74, 6) is 0. The summed E-state index contributed by atoms with van der Waals surface area (Å²) in [7, 11) is 0. The molecule has 0 radical (unpaired) electrons. The molecule has 0 amide bonds. The lowest BCUT2D eigenvalue weighted by Crippen LogP contribution is -2.39. The molecule has 1 aromatic heterocycles. The highest BCUT2D eigenvalue weighted by molar-refractivity contribution is 5.86. The van der Waals surface area contributed by atoms with Crippen LogP contribution in [0.4, 0.5) is 0 Å². The summed E-state index contributed by atoms with van der Waals surface area (Å²) in [5, 5.41) is 12.0. The van der Waals surface area contributed by atoms with Crippen molar-refractivity contribution in [1.82, 2.24) is 9.47 Å². The lowest BCUT2D eigenvalue weighted by molar-refractivity contribution is 0.0414. The van der Waals surface area contributed by atoms with E-state index in [-0.39, 0.29) is 6.23 Å². The first-order chi connectivity index (χ1) is 11.8. The molecule has 3 heteroatoms. The average molecular weight is 318 g/mol. The second kappa shape index (κ2) is 5.47. The van der Waals surface area contributed by atoms with Gasteiger partial charge in [0.25, 0.3) is 0 Å². The van der Waals surface area contributed by atoms with E-state index in [0.29, 0.717) is 6.04 Å². The molecule has 2 aliphatic heterocycles. The largest absolute Gasteiger partial charge is 0.373 e. The summed E-state index contributed by atoms with van der Waals surface area (Å²) in [6.07, 6.45) is 2.56. The summed E-state index contributed by atoms with van der Waals surface area (Å²) in [5.41, 5.74) is 5.38. The molecular weight excluding hydrogens is 296 g/mol. The van der Waals surface area contributed by atoms with Crippen LogP contribution >= 0.6 is 0 Å². The number of aliphatic hydroxyl groups excluding tert-OH is 1. The van der Waals surface area contributed by atoms with Crippen molar-refractivity contribution >= 4 is 10.9 Å². The highest BCUT2D eigenvalue weighted by Gasteiger charge is 2.37. The Hall–Kier alpha value is -2.10. The molecule has 3 heterocycles. The molecule has 24 heavy (non-hydrogen) atoms. The second-order valence-corrected chi connectivity index (χ2v) is 7.03. The highest BCUT2D eigenvalue weighted by atomic mass is 16.3. The molecule has 2 aromatic carbocycles. The van der Waals surface area contributed by atoms with E-state index in [0.717, 1.165) is 32.4 Å². The van der Waals surface area contributed by atoms with Crippen LogP contribution < -0.4 is 0 Å². The molecule has 122 valence electrons. The number of hydrogen-bond donors (Lipinski definition) is 1. The molecule has 0 saturated heterocycles. The Morgan fingerprint density at radius 1 is 0.958 bits per heavy atom. The fourth-order valence-corrected chi connectivity index (χ4v) is 4.64. The minimum atomic E-state index is -0.383. The van der Waals surface area contributed by atoms with Gasteiger partial charge >= 0.3 is 0 Å². The van der Waals surface area contributed by atoms with Crippen molar-refractivity contribution in [3.05, 3.63) is 71.4 Å². The number of benzene rings is 2. The smallest absolute Gasteiger partial charge is 0.131 e. The second-order valence-electron chi connectivity index (χ2n) is 7.03. The van der Waals surface area contributed by atoms with E-state index in [1.54, 1.807) is 0 Å². The third-order valence-corrected chi connectivity index (χ3v) is 5.69. The highest BCUT2D eigenvalue weighted by Crippen LogP contribution is 2.45. The van der Waals surface area contributed by atoms with Crippen LogP contribution in [0.2, 0.25) is 0 Å². The quantitative estimate of drug-likeness (QED) is 0.773. The van der Waals surface area contributed by atoms with E-state index < -0.39 is 0 Å². The van der Waals surface area contributed by atoms with Gasteiger partial charge in [-0.1, -0.05) is 48.5 Å². The van der Waals surface area contributed by atoms with Crippen LogP contribution in [0.25, 0.3) is 10.9 Å². The summed E-state index contributed by atoms with van der Waals surface area (Å²) in [6.45, 7) is 2.08. The van der Waals surface area contributed by atoms with Crippen LogP contribution in [-0.2, 0) is 13.0 Å². The van der Waals surface area contributed by atoms with Gasteiger partial charge < -0.3 is 9.67 Å². The lowest BCUT2D eigenvalue weighted by Gasteiger charge is -2.41. The zero-order chi connectivity index (χ0) is 16.1. The molecule has 0 aliphatic carbocycles. The summed E-state index contributed by atoms with van der Waals surface area (Å²) in [4.78, 5) is 2.60. The van der Waals surface area contributed by atoms with Crippen molar-refractivity contribution in [3.8, 4) is 0 Å². The maximum absolute atomic E-state index is 10.6. The van der Waals surface area contributed by atoms with E-state index in [4.69, 9.17) is 0 Å². The molecule has 3 nitrogen and oxygen atoms in total. The minimum absolute atomic E-state index is 0.383. The Kier molecular flexibility index (Phi) is 3.25. The van der Waals surface area contributed by atoms with E-state index in [9.17, 15) is 5.11 Å². The normalized spacial score (nSPS) is 23.4. The van der Waals surface area contributed by atoms with Crippen LogP contribution in [0.3, 0.4) is 0 Å². The predicted octanol–water partition coefficient (Wildman–Crippen LogP) is 4.03. The van der Waals surface area contributed by atoms with E-state index in [2.05, 4.69) is 64.1 Å². The summed E-state index contributed by atoms with van der Waals surface area (Å²) in [6, 6.07) is 19.7. The fraction of sp³-hybridized carbons (Fsp3) is 0.333. The summed E-state index contributed by atoms with van der Waals surface area (Å²) >= 11 is 0. The maximum atomic E-state index is 10.6. The van der Waals surface area contributed by atoms with Crippen LogP contribution in [0.5, 0.6) is 0 Å². The Labute approximate surface area is 142 Å². The monoisotopic (exact) mass is 318 g/mol. The van der Waals surface area contributed by atoms with E-state index in [1.807, 2.05) is 0 Å². The van der Waals surface area contributed by atoms with Gasteiger partial charge in [-0.15, -0.1) is 0 Å². The number of aliphatic hydroxyl groups is 1. The van der Waals surface area contributed by atoms with Crippen molar-refractivity contribution in [2.45, 2.75) is 38.1 Å². The number of nitrogens with zero attached hydrogens (tertiary/aromatic N) is 2. The van der Waals surface area contributed by atoms with Gasteiger partial charge in [-0.2, -0.15) is 0 Å². The standard InChI is InChI=1S/C21H22N2O/c24-20-11-10-19-21-17(16-8-4-5-9-18(16)23(20)21)12-13-22(19)14-15-6-2-1-3-7-15/h1-9,19-20,24H,10-14H2/t19-,20+/m0/s1. The third-order valence-electron chi connectivity index (χ3n) is 5.69. The van der Waals surface area contributed by atoms with Gasteiger partial charge in [-0.05, 0) is 36.5 Å². The van der Waals surface area contributed by atoms with Crippen molar-refractivity contribution < 1.29 is 5.11 Å². The molecule has 2 aliphatic rings. The molecule has 0 bridgehead atoms. The zero-order valence-corrected chi connectivity index (χ0v) is 13.7. The number of para-hydroxylation sites is 1. The van der Waals surface area contributed by atoms with Gasteiger partial charge in [0.15, 0.2) is 0 Å². The number of rotatable bonds is 2. The van der Waals surface area contributed by atoms with E-state index >= 15 is 0 Å². The molecule has 5 rings (SSSR count). The first kappa shape index (κ1) is 14.3. The van der Waals surface area contributed by atoms with Gasteiger partial charge in [-0.3, -0.25) is 4.90 Å². The molecule has 3 aromatic rings. The van der Waals surface area contributed by atoms with Gasteiger partial charge in [-0.25, -0.2) is 0 Å².